The molecule has 0 aliphatic rings. The van der Waals surface area contributed by atoms with Gasteiger partial charge in [0.2, 0.25) is 5.91 Å². The lowest BCUT2D eigenvalue weighted by molar-refractivity contribution is -0.116. The first-order valence-electron chi connectivity index (χ1n) is 7.62. The predicted molar refractivity (Wildman–Crippen MR) is 91.0 cm³/mol. The van der Waals surface area contributed by atoms with Gasteiger partial charge in [-0.1, -0.05) is 32.4 Å². The highest BCUT2D eigenvalue weighted by Crippen LogP contribution is 2.20. The number of nitrogens with zero attached hydrogens (tertiary/aromatic N) is 2. The van der Waals surface area contributed by atoms with Crippen molar-refractivity contribution < 1.29 is 4.79 Å². The van der Waals surface area contributed by atoms with Gasteiger partial charge in [0.05, 0.1) is 10.6 Å². The summed E-state index contributed by atoms with van der Waals surface area (Å²) >= 11 is 5.96. The number of anilines is 1. The molecule has 0 heterocycles. The van der Waals surface area contributed by atoms with Crippen molar-refractivity contribution in [1.82, 2.24) is 4.90 Å². The zero-order chi connectivity index (χ0) is 16.7. The number of carbonyl (C=O) groups is 1. The van der Waals surface area contributed by atoms with Gasteiger partial charge >= 0.3 is 0 Å². The molecule has 0 saturated heterocycles. The smallest absolute Gasteiger partial charge is 0.225 e. The van der Waals surface area contributed by atoms with Crippen molar-refractivity contribution in [3.8, 4) is 6.07 Å². The SMILES string of the molecule is CCN(CCC(=O)Nc1ccc(C#N)c(Cl)c1)C(C)C(C)C. The quantitative estimate of drug-likeness (QED) is 0.828. The fourth-order valence-corrected chi connectivity index (χ4v) is 2.45. The first-order chi connectivity index (χ1) is 10.4. The molecule has 0 spiro atoms. The van der Waals surface area contributed by atoms with Gasteiger partial charge in [-0.15, -0.1) is 0 Å². The van der Waals surface area contributed by atoms with Gasteiger partial charge in [-0.05, 0) is 37.6 Å². The van der Waals surface area contributed by atoms with E-state index < -0.39 is 0 Å². The minimum Gasteiger partial charge on any atom is -0.326 e. The molecule has 1 amide bonds. The molecule has 22 heavy (non-hydrogen) atoms. The van der Waals surface area contributed by atoms with Gasteiger partial charge < -0.3 is 10.2 Å². The highest BCUT2D eigenvalue weighted by atomic mass is 35.5. The summed E-state index contributed by atoms with van der Waals surface area (Å²) in [5.74, 6) is 0.510. The highest BCUT2D eigenvalue weighted by Gasteiger charge is 2.16. The van der Waals surface area contributed by atoms with Crippen LogP contribution >= 0.6 is 11.6 Å². The molecule has 0 fully saturated rings. The Hall–Kier alpha value is -1.57. The van der Waals surface area contributed by atoms with Gasteiger partial charge in [0, 0.05) is 24.7 Å². The highest BCUT2D eigenvalue weighted by molar-refractivity contribution is 6.32. The van der Waals surface area contributed by atoms with E-state index >= 15 is 0 Å². The standard InChI is InChI=1S/C17H24ClN3O/c1-5-21(13(4)12(2)3)9-8-17(22)20-15-7-6-14(11-19)16(18)10-15/h6-7,10,12-13H,5,8-9H2,1-4H3,(H,20,22). The zero-order valence-corrected chi connectivity index (χ0v) is 14.4. The molecule has 0 saturated carbocycles. The van der Waals surface area contributed by atoms with Gasteiger partial charge in [-0.25, -0.2) is 0 Å². The second kappa shape index (κ2) is 8.77. The van der Waals surface area contributed by atoms with Crippen LogP contribution in [-0.4, -0.2) is 29.9 Å². The molecule has 1 aromatic rings. The Balaban J connectivity index is 2.56. The van der Waals surface area contributed by atoms with Crippen LogP contribution in [0.2, 0.25) is 5.02 Å². The van der Waals surface area contributed by atoms with Gasteiger partial charge in [0.25, 0.3) is 0 Å². The number of nitriles is 1. The molecular formula is C17H24ClN3O. The number of halogens is 1. The van der Waals surface area contributed by atoms with Crippen molar-refractivity contribution in [2.45, 2.75) is 40.2 Å². The maximum Gasteiger partial charge on any atom is 0.225 e. The first-order valence-corrected chi connectivity index (χ1v) is 8.00. The topological polar surface area (TPSA) is 56.1 Å². The largest absolute Gasteiger partial charge is 0.326 e. The Labute approximate surface area is 138 Å². The monoisotopic (exact) mass is 321 g/mol. The van der Waals surface area contributed by atoms with E-state index in [1.165, 1.54) is 0 Å². The molecule has 0 bridgehead atoms. The van der Waals surface area contributed by atoms with Gasteiger partial charge in [-0.2, -0.15) is 5.26 Å². The average molecular weight is 322 g/mol. The van der Waals surface area contributed by atoms with E-state index in [1.807, 2.05) is 6.07 Å². The van der Waals surface area contributed by atoms with Crippen LogP contribution in [0.15, 0.2) is 18.2 Å². The lowest BCUT2D eigenvalue weighted by Gasteiger charge is -2.30. The van der Waals surface area contributed by atoms with E-state index in [0.717, 1.165) is 13.1 Å². The molecular weight excluding hydrogens is 298 g/mol. The molecule has 0 aliphatic carbocycles. The predicted octanol–water partition coefficient (Wildman–Crippen LogP) is 3.91. The third-order valence-electron chi connectivity index (χ3n) is 3.95. The minimum atomic E-state index is -0.0461. The summed E-state index contributed by atoms with van der Waals surface area (Å²) in [4.78, 5) is 14.3. The number of rotatable bonds is 7. The summed E-state index contributed by atoms with van der Waals surface area (Å²) in [6.45, 7) is 10.3. The second-order valence-corrected chi connectivity index (χ2v) is 6.13. The van der Waals surface area contributed by atoms with Crippen LogP contribution < -0.4 is 5.32 Å². The molecule has 1 aromatic carbocycles. The Bertz CT molecular complexity index is 551. The summed E-state index contributed by atoms with van der Waals surface area (Å²) in [6.07, 6.45) is 0.433. The van der Waals surface area contributed by atoms with E-state index in [9.17, 15) is 4.79 Å². The molecule has 1 N–H and O–H groups in total. The van der Waals surface area contributed by atoms with Gasteiger partial charge in [-0.3, -0.25) is 4.79 Å². The lowest BCUT2D eigenvalue weighted by atomic mass is 10.0. The van der Waals surface area contributed by atoms with E-state index in [1.54, 1.807) is 18.2 Å². The number of hydrogen-bond acceptors (Lipinski definition) is 3. The van der Waals surface area contributed by atoms with Gasteiger partial charge in [0.1, 0.15) is 6.07 Å². The molecule has 1 unspecified atom stereocenters. The van der Waals surface area contributed by atoms with E-state index in [2.05, 4.69) is 37.9 Å². The van der Waals surface area contributed by atoms with E-state index in [-0.39, 0.29) is 5.91 Å². The number of nitrogens with one attached hydrogen (secondary N) is 1. The molecule has 5 heteroatoms. The number of benzene rings is 1. The Morgan fingerprint density at radius 1 is 1.41 bits per heavy atom. The van der Waals surface area contributed by atoms with Crippen molar-refractivity contribution in [3.63, 3.8) is 0 Å². The van der Waals surface area contributed by atoms with Crippen LogP contribution in [0.4, 0.5) is 5.69 Å². The van der Waals surface area contributed by atoms with Crippen LogP contribution in [0.5, 0.6) is 0 Å². The number of carbonyl (C=O) groups excluding carboxylic acids is 1. The molecule has 4 nitrogen and oxygen atoms in total. The third-order valence-corrected chi connectivity index (χ3v) is 4.26. The summed E-state index contributed by atoms with van der Waals surface area (Å²) in [7, 11) is 0. The van der Waals surface area contributed by atoms with Crippen molar-refractivity contribution in [3.05, 3.63) is 28.8 Å². The third kappa shape index (κ3) is 5.32. The Kier molecular flexibility index (Phi) is 7.37. The van der Waals surface area contributed by atoms with E-state index in [4.69, 9.17) is 16.9 Å². The fourth-order valence-electron chi connectivity index (χ4n) is 2.22. The molecule has 1 atom stereocenters. The number of amides is 1. The average Bonchev–Trinajstić information content (AvgIpc) is 2.47. The lowest BCUT2D eigenvalue weighted by Crippen LogP contribution is -2.38. The van der Waals surface area contributed by atoms with Gasteiger partial charge in [0.15, 0.2) is 0 Å². The van der Waals surface area contributed by atoms with Crippen LogP contribution in [0.3, 0.4) is 0 Å². The Morgan fingerprint density at radius 3 is 2.59 bits per heavy atom. The summed E-state index contributed by atoms with van der Waals surface area (Å²) in [5, 5.41) is 12.0. The number of hydrogen-bond donors (Lipinski definition) is 1. The summed E-state index contributed by atoms with van der Waals surface area (Å²) in [6, 6.07) is 7.34. The van der Waals surface area contributed by atoms with Crippen molar-refractivity contribution in [1.29, 1.82) is 5.26 Å². The second-order valence-electron chi connectivity index (χ2n) is 5.72. The van der Waals surface area contributed by atoms with E-state index in [0.29, 0.717) is 34.7 Å². The van der Waals surface area contributed by atoms with Crippen molar-refractivity contribution in [2.75, 3.05) is 18.4 Å². The fraction of sp³-hybridized carbons (Fsp3) is 0.529. The normalized spacial score (nSPS) is 12.3. The Morgan fingerprint density at radius 2 is 2.09 bits per heavy atom. The van der Waals surface area contributed by atoms with Crippen molar-refractivity contribution >= 4 is 23.2 Å². The first kappa shape index (κ1) is 18.5. The van der Waals surface area contributed by atoms with Crippen LogP contribution in [0, 0.1) is 17.2 Å². The minimum absolute atomic E-state index is 0.0461. The van der Waals surface area contributed by atoms with Crippen LogP contribution in [-0.2, 0) is 4.79 Å². The molecule has 120 valence electrons. The van der Waals surface area contributed by atoms with Crippen molar-refractivity contribution in [2.24, 2.45) is 5.92 Å². The summed E-state index contributed by atoms with van der Waals surface area (Å²) in [5.41, 5.74) is 1.02. The molecule has 0 radical (unpaired) electrons. The molecule has 1 rings (SSSR count). The van der Waals surface area contributed by atoms with Crippen LogP contribution in [0.25, 0.3) is 0 Å². The molecule has 0 aromatic heterocycles. The summed E-state index contributed by atoms with van der Waals surface area (Å²) < 4.78 is 0. The maximum absolute atomic E-state index is 12.0. The zero-order valence-electron chi connectivity index (χ0n) is 13.7. The van der Waals surface area contributed by atoms with Crippen LogP contribution in [0.1, 0.15) is 39.7 Å². The maximum atomic E-state index is 12.0. The molecule has 0 aliphatic heterocycles.